The fourth-order valence-electron chi connectivity index (χ4n) is 1.53. The normalized spacial score (nSPS) is 26.5. The van der Waals surface area contributed by atoms with E-state index in [0.29, 0.717) is 12.0 Å². The van der Waals surface area contributed by atoms with Gasteiger partial charge < -0.3 is 15.4 Å². The number of hydrogen-bond acceptors (Lipinski definition) is 3. The number of ether oxygens (including phenoxy) is 1. The molecule has 0 amide bonds. The van der Waals surface area contributed by atoms with Crippen LogP contribution in [0.4, 0.5) is 0 Å². The van der Waals surface area contributed by atoms with Crippen molar-refractivity contribution in [3.8, 4) is 0 Å². The molecule has 3 heteroatoms. The van der Waals surface area contributed by atoms with E-state index in [4.69, 9.17) is 10.5 Å². The van der Waals surface area contributed by atoms with Gasteiger partial charge in [0.25, 0.3) is 0 Å². The lowest BCUT2D eigenvalue weighted by atomic mass is 9.97. The van der Waals surface area contributed by atoms with Crippen LogP contribution >= 0.6 is 0 Å². The first-order valence-electron chi connectivity index (χ1n) is 4.68. The third kappa shape index (κ3) is 3.09. The van der Waals surface area contributed by atoms with Crippen LogP contribution in [0.25, 0.3) is 0 Å². The lowest BCUT2D eigenvalue weighted by Gasteiger charge is -2.19. The smallest absolute Gasteiger partial charge is 0.0509 e. The Bertz CT molecular complexity index is 122. The second-order valence-electron chi connectivity index (χ2n) is 3.88. The van der Waals surface area contributed by atoms with Gasteiger partial charge in [0, 0.05) is 12.6 Å². The van der Waals surface area contributed by atoms with Crippen molar-refractivity contribution < 1.29 is 4.74 Å². The monoisotopic (exact) mass is 172 g/mol. The van der Waals surface area contributed by atoms with Crippen molar-refractivity contribution in [3.05, 3.63) is 0 Å². The molecule has 0 aliphatic carbocycles. The van der Waals surface area contributed by atoms with Gasteiger partial charge in [-0.25, -0.2) is 0 Å². The summed E-state index contributed by atoms with van der Waals surface area (Å²) in [6.45, 7) is 2.85. The van der Waals surface area contributed by atoms with E-state index in [1.54, 1.807) is 0 Å². The minimum Gasteiger partial charge on any atom is -0.381 e. The van der Waals surface area contributed by atoms with Crippen molar-refractivity contribution in [1.29, 1.82) is 0 Å². The van der Waals surface area contributed by atoms with Crippen LogP contribution in [0.3, 0.4) is 0 Å². The third-order valence-corrected chi connectivity index (χ3v) is 2.48. The maximum atomic E-state index is 6.02. The van der Waals surface area contributed by atoms with Gasteiger partial charge in [-0.15, -0.1) is 0 Å². The molecular weight excluding hydrogens is 152 g/mol. The highest BCUT2D eigenvalue weighted by Crippen LogP contribution is 2.17. The highest BCUT2D eigenvalue weighted by molar-refractivity contribution is 4.76. The molecule has 0 aromatic rings. The minimum absolute atomic E-state index is 0.329. The molecule has 1 saturated heterocycles. The maximum Gasteiger partial charge on any atom is 0.0509 e. The van der Waals surface area contributed by atoms with Gasteiger partial charge in [0.2, 0.25) is 0 Å². The van der Waals surface area contributed by atoms with Crippen LogP contribution in [-0.2, 0) is 4.74 Å². The minimum atomic E-state index is 0.329. The summed E-state index contributed by atoms with van der Waals surface area (Å²) in [7, 11) is 4.16. The van der Waals surface area contributed by atoms with E-state index in [9.17, 15) is 0 Å². The zero-order valence-electron chi connectivity index (χ0n) is 8.12. The zero-order chi connectivity index (χ0) is 8.97. The van der Waals surface area contributed by atoms with Gasteiger partial charge in [-0.05, 0) is 39.4 Å². The second-order valence-corrected chi connectivity index (χ2v) is 3.88. The molecule has 1 rings (SSSR count). The molecule has 0 saturated carbocycles. The van der Waals surface area contributed by atoms with Crippen molar-refractivity contribution in [2.45, 2.75) is 18.9 Å². The topological polar surface area (TPSA) is 38.5 Å². The molecule has 2 N–H and O–H groups in total. The first kappa shape index (κ1) is 9.96. The molecule has 0 bridgehead atoms. The first-order chi connectivity index (χ1) is 5.70. The Morgan fingerprint density at radius 3 is 2.83 bits per heavy atom. The van der Waals surface area contributed by atoms with E-state index in [0.717, 1.165) is 32.6 Å². The molecule has 0 radical (unpaired) electrons. The summed E-state index contributed by atoms with van der Waals surface area (Å²) in [5.74, 6) is 0.602. The van der Waals surface area contributed by atoms with Crippen LogP contribution in [-0.4, -0.2) is 44.8 Å². The molecule has 12 heavy (non-hydrogen) atoms. The SMILES string of the molecule is CN(C)CCC(N)C1CCOC1. The third-order valence-electron chi connectivity index (χ3n) is 2.48. The number of nitrogens with two attached hydrogens (primary N) is 1. The van der Waals surface area contributed by atoms with E-state index >= 15 is 0 Å². The second kappa shape index (κ2) is 4.80. The Morgan fingerprint density at radius 2 is 2.33 bits per heavy atom. The van der Waals surface area contributed by atoms with E-state index in [1.807, 2.05) is 0 Å². The van der Waals surface area contributed by atoms with Gasteiger partial charge in [0.1, 0.15) is 0 Å². The molecule has 2 atom stereocenters. The molecule has 2 unspecified atom stereocenters. The van der Waals surface area contributed by atoms with Gasteiger partial charge >= 0.3 is 0 Å². The molecule has 1 fully saturated rings. The molecule has 1 aliphatic rings. The molecular formula is C9H20N2O. The largest absolute Gasteiger partial charge is 0.381 e. The quantitative estimate of drug-likeness (QED) is 0.663. The van der Waals surface area contributed by atoms with Gasteiger partial charge in [0.15, 0.2) is 0 Å². The molecule has 0 aromatic heterocycles. The molecule has 72 valence electrons. The van der Waals surface area contributed by atoms with Crippen molar-refractivity contribution in [2.75, 3.05) is 33.9 Å². The van der Waals surface area contributed by atoms with Crippen molar-refractivity contribution >= 4 is 0 Å². The summed E-state index contributed by atoms with van der Waals surface area (Å²) >= 11 is 0. The van der Waals surface area contributed by atoms with Crippen LogP contribution in [0.5, 0.6) is 0 Å². The summed E-state index contributed by atoms with van der Waals surface area (Å²) in [6.07, 6.45) is 2.23. The highest BCUT2D eigenvalue weighted by atomic mass is 16.5. The van der Waals surface area contributed by atoms with Crippen LogP contribution in [0, 0.1) is 5.92 Å². The average Bonchev–Trinajstić information content (AvgIpc) is 2.51. The Labute approximate surface area is 74.9 Å². The summed E-state index contributed by atoms with van der Waals surface area (Å²) in [4.78, 5) is 2.18. The summed E-state index contributed by atoms with van der Waals surface area (Å²) in [5.41, 5.74) is 6.02. The van der Waals surface area contributed by atoms with Gasteiger partial charge in [-0.3, -0.25) is 0 Å². The van der Waals surface area contributed by atoms with E-state index in [1.165, 1.54) is 0 Å². The van der Waals surface area contributed by atoms with Gasteiger partial charge in [-0.1, -0.05) is 0 Å². The summed E-state index contributed by atoms with van der Waals surface area (Å²) in [5, 5.41) is 0. The fourth-order valence-corrected chi connectivity index (χ4v) is 1.53. The lowest BCUT2D eigenvalue weighted by molar-refractivity contribution is 0.178. The Balaban J connectivity index is 2.13. The molecule has 1 heterocycles. The van der Waals surface area contributed by atoms with E-state index < -0.39 is 0 Å². The van der Waals surface area contributed by atoms with Gasteiger partial charge in [-0.2, -0.15) is 0 Å². The fraction of sp³-hybridized carbons (Fsp3) is 1.00. The molecule has 0 spiro atoms. The zero-order valence-corrected chi connectivity index (χ0v) is 8.12. The first-order valence-corrected chi connectivity index (χ1v) is 4.68. The van der Waals surface area contributed by atoms with E-state index in [2.05, 4.69) is 19.0 Å². The predicted molar refractivity (Wildman–Crippen MR) is 50.1 cm³/mol. The molecule has 1 aliphatic heterocycles. The number of hydrogen-bond donors (Lipinski definition) is 1. The van der Waals surface area contributed by atoms with Crippen LogP contribution < -0.4 is 5.73 Å². The van der Waals surface area contributed by atoms with Crippen LogP contribution in [0.2, 0.25) is 0 Å². The number of nitrogens with zero attached hydrogens (tertiary/aromatic N) is 1. The number of rotatable bonds is 4. The Kier molecular flexibility index (Phi) is 3.98. The Hall–Kier alpha value is -0.120. The summed E-state index contributed by atoms with van der Waals surface area (Å²) in [6, 6.07) is 0.329. The van der Waals surface area contributed by atoms with Crippen LogP contribution in [0.15, 0.2) is 0 Å². The lowest BCUT2D eigenvalue weighted by Crippen LogP contribution is -2.33. The molecule has 3 nitrogen and oxygen atoms in total. The standard InChI is InChI=1S/C9H20N2O/c1-11(2)5-3-9(10)8-4-6-12-7-8/h8-9H,3-7,10H2,1-2H3. The van der Waals surface area contributed by atoms with E-state index in [-0.39, 0.29) is 0 Å². The maximum absolute atomic E-state index is 6.02. The van der Waals surface area contributed by atoms with Crippen molar-refractivity contribution in [3.63, 3.8) is 0 Å². The summed E-state index contributed by atoms with van der Waals surface area (Å²) < 4.78 is 5.29. The Morgan fingerprint density at radius 1 is 1.58 bits per heavy atom. The average molecular weight is 172 g/mol. The van der Waals surface area contributed by atoms with Crippen molar-refractivity contribution in [2.24, 2.45) is 11.7 Å². The molecule has 0 aromatic carbocycles. The highest BCUT2D eigenvalue weighted by Gasteiger charge is 2.22. The van der Waals surface area contributed by atoms with Crippen LogP contribution in [0.1, 0.15) is 12.8 Å². The van der Waals surface area contributed by atoms with Crippen molar-refractivity contribution in [1.82, 2.24) is 4.90 Å². The van der Waals surface area contributed by atoms with Gasteiger partial charge in [0.05, 0.1) is 6.61 Å². The predicted octanol–water partition coefficient (Wildman–Crippen LogP) is 0.302.